The summed E-state index contributed by atoms with van der Waals surface area (Å²) < 4.78 is 0. The number of hydrogen-bond donors (Lipinski definition) is 0. The second-order valence-corrected chi connectivity index (χ2v) is 4.71. The van der Waals surface area contributed by atoms with Crippen LogP contribution in [0.4, 0.5) is 0 Å². The second kappa shape index (κ2) is 8.19. The van der Waals surface area contributed by atoms with Crippen LogP contribution in [0, 0.1) is 11.8 Å². The van der Waals surface area contributed by atoms with E-state index in [1.54, 1.807) is 0 Å². The average molecular weight is 277 g/mol. The lowest BCUT2D eigenvalue weighted by Crippen LogP contribution is -1.92. The molecule has 1 rings (SSSR count). The van der Waals surface area contributed by atoms with Gasteiger partial charge in [-0.1, -0.05) is 58.1 Å². The van der Waals surface area contributed by atoms with Crippen LogP contribution in [-0.2, 0) is 0 Å². The summed E-state index contributed by atoms with van der Waals surface area (Å²) in [5.74, 6) is 6.39. The van der Waals surface area contributed by atoms with Crippen molar-refractivity contribution < 1.29 is 0 Å². The normalized spacial score (nSPS) is 12.1. The van der Waals surface area contributed by atoms with E-state index >= 15 is 0 Å². The van der Waals surface area contributed by atoms with Crippen molar-refractivity contribution >= 4 is 15.9 Å². The molecule has 1 aromatic carbocycles. The summed E-state index contributed by atoms with van der Waals surface area (Å²) in [6, 6.07) is 10.1. The van der Waals surface area contributed by atoms with Crippen LogP contribution in [0.2, 0.25) is 0 Å². The largest absolute Gasteiger partial charge is 0.0917 e. The Bertz CT molecular complexity index is 367. The molecular formula is C15H17Br. The van der Waals surface area contributed by atoms with Crippen LogP contribution in [0.3, 0.4) is 0 Å². The maximum atomic E-state index is 3.59. The molecule has 0 aromatic heterocycles. The fraction of sp³-hybridized carbons (Fsp3) is 0.333. The summed E-state index contributed by atoms with van der Waals surface area (Å²) in [5, 5.41) is 0. The first kappa shape index (κ1) is 13.1. The van der Waals surface area contributed by atoms with E-state index in [1.807, 2.05) is 30.3 Å². The van der Waals surface area contributed by atoms with E-state index in [0.717, 1.165) is 18.4 Å². The Morgan fingerprint density at radius 1 is 1.31 bits per heavy atom. The standard InChI is InChI=1S/C15H17Br/c1-2-3-4-8-11-15(16)13-12-14-9-6-5-7-10-14/h2-3,5-7,9-10,15H,4,8,11H2,1H3/b3-2+. The average Bonchev–Trinajstić information content (AvgIpc) is 2.33. The molecule has 0 amide bonds. The fourth-order valence-corrected chi connectivity index (χ4v) is 1.78. The van der Waals surface area contributed by atoms with Gasteiger partial charge >= 0.3 is 0 Å². The molecule has 0 bridgehead atoms. The minimum atomic E-state index is 0.304. The molecule has 0 aliphatic heterocycles. The first-order valence-electron chi connectivity index (χ1n) is 5.64. The lowest BCUT2D eigenvalue weighted by molar-refractivity contribution is 0.787. The van der Waals surface area contributed by atoms with E-state index in [-0.39, 0.29) is 0 Å². The van der Waals surface area contributed by atoms with E-state index in [9.17, 15) is 0 Å². The molecule has 1 aromatic rings. The summed E-state index contributed by atoms with van der Waals surface area (Å²) >= 11 is 3.59. The van der Waals surface area contributed by atoms with E-state index in [0.29, 0.717) is 4.83 Å². The summed E-state index contributed by atoms with van der Waals surface area (Å²) in [5.41, 5.74) is 1.08. The molecule has 1 unspecified atom stereocenters. The third kappa shape index (κ3) is 5.78. The van der Waals surface area contributed by atoms with E-state index in [2.05, 4.69) is 46.8 Å². The van der Waals surface area contributed by atoms with Gasteiger partial charge < -0.3 is 0 Å². The monoisotopic (exact) mass is 276 g/mol. The van der Waals surface area contributed by atoms with Gasteiger partial charge in [0.15, 0.2) is 0 Å². The van der Waals surface area contributed by atoms with Gasteiger partial charge in [0, 0.05) is 5.56 Å². The van der Waals surface area contributed by atoms with Crippen molar-refractivity contribution in [1.82, 2.24) is 0 Å². The fourth-order valence-electron chi connectivity index (χ4n) is 1.34. The Morgan fingerprint density at radius 2 is 2.06 bits per heavy atom. The van der Waals surface area contributed by atoms with Gasteiger partial charge in [-0.25, -0.2) is 0 Å². The quantitative estimate of drug-likeness (QED) is 0.328. The molecule has 0 N–H and O–H groups in total. The van der Waals surface area contributed by atoms with Gasteiger partial charge in [0.2, 0.25) is 0 Å². The molecule has 0 heterocycles. The van der Waals surface area contributed by atoms with Gasteiger partial charge in [-0.2, -0.15) is 0 Å². The smallest absolute Gasteiger partial charge is 0.0758 e. The molecule has 0 fully saturated rings. The molecule has 84 valence electrons. The predicted molar refractivity (Wildman–Crippen MR) is 74.7 cm³/mol. The van der Waals surface area contributed by atoms with Crippen molar-refractivity contribution in [3.8, 4) is 11.8 Å². The molecule has 0 spiro atoms. The molecule has 1 atom stereocenters. The number of allylic oxidation sites excluding steroid dienone is 2. The minimum absolute atomic E-state index is 0.304. The van der Waals surface area contributed by atoms with Gasteiger partial charge in [0.25, 0.3) is 0 Å². The minimum Gasteiger partial charge on any atom is -0.0917 e. The number of unbranched alkanes of at least 4 members (excludes halogenated alkanes) is 1. The van der Waals surface area contributed by atoms with Crippen molar-refractivity contribution in [2.45, 2.75) is 31.0 Å². The summed E-state index contributed by atoms with van der Waals surface area (Å²) in [6.07, 6.45) is 7.72. The Hall–Kier alpha value is -1.00. The highest BCUT2D eigenvalue weighted by molar-refractivity contribution is 9.09. The molecule has 0 aliphatic rings. The lowest BCUT2D eigenvalue weighted by atomic mass is 10.1. The third-order valence-corrected chi connectivity index (χ3v) is 2.90. The van der Waals surface area contributed by atoms with Crippen molar-refractivity contribution in [2.24, 2.45) is 0 Å². The molecule has 0 nitrogen and oxygen atoms in total. The molecule has 0 saturated heterocycles. The van der Waals surface area contributed by atoms with E-state index < -0.39 is 0 Å². The molecule has 0 saturated carbocycles. The Labute approximate surface area is 107 Å². The number of benzene rings is 1. The second-order valence-electron chi connectivity index (χ2n) is 3.60. The predicted octanol–water partition coefficient (Wildman–Crippen LogP) is 4.55. The van der Waals surface area contributed by atoms with Crippen LogP contribution in [0.5, 0.6) is 0 Å². The number of alkyl halides is 1. The van der Waals surface area contributed by atoms with Crippen molar-refractivity contribution in [1.29, 1.82) is 0 Å². The highest BCUT2D eigenvalue weighted by atomic mass is 79.9. The van der Waals surface area contributed by atoms with Crippen molar-refractivity contribution in [2.75, 3.05) is 0 Å². The van der Waals surface area contributed by atoms with Crippen molar-refractivity contribution in [3.63, 3.8) is 0 Å². The van der Waals surface area contributed by atoms with Gasteiger partial charge in [0.1, 0.15) is 0 Å². The van der Waals surface area contributed by atoms with E-state index in [1.165, 1.54) is 6.42 Å². The number of halogens is 1. The number of rotatable bonds is 4. The Kier molecular flexibility index (Phi) is 6.69. The van der Waals surface area contributed by atoms with Crippen molar-refractivity contribution in [3.05, 3.63) is 48.0 Å². The maximum Gasteiger partial charge on any atom is 0.0758 e. The van der Waals surface area contributed by atoms with Gasteiger partial charge in [-0.05, 0) is 38.3 Å². The molecule has 0 aliphatic carbocycles. The van der Waals surface area contributed by atoms with Crippen LogP contribution in [0.1, 0.15) is 31.7 Å². The zero-order valence-corrected chi connectivity index (χ0v) is 11.2. The Balaban J connectivity index is 2.34. The highest BCUT2D eigenvalue weighted by Gasteiger charge is 1.97. The topological polar surface area (TPSA) is 0 Å². The molecular weight excluding hydrogens is 260 g/mol. The van der Waals surface area contributed by atoms with Gasteiger partial charge in [0.05, 0.1) is 4.83 Å². The summed E-state index contributed by atoms with van der Waals surface area (Å²) in [6.45, 7) is 2.06. The van der Waals surface area contributed by atoms with Crippen LogP contribution < -0.4 is 0 Å². The third-order valence-electron chi connectivity index (χ3n) is 2.21. The molecule has 16 heavy (non-hydrogen) atoms. The first-order valence-corrected chi connectivity index (χ1v) is 6.56. The van der Waals surface area contributed by atoms with Crippen LogP contribution in [0.15, 0.2) is 42.5 Å². The van der Waals surface area contributed by atoms with Gasteiger partial charge in [-0.15, -0.1) is 0 Å². The zero-order chi connectivity index (χ0) is 11.6. The number of hydrogen-bond acceptors (Lipinski definition) is 0. The lowest BCUT2D eigenvalue weighted by Gasteiger charge is -1.99. The van der Waals surface area contributed by atoms with Crippen LogP contribution >= 0.6 is 15.9 Å². The SMILES string of the molecule is C/C=C/CCCC(Br)C#Cc1ccccc1. The van der Waals surface area contributed by atoms with Crippen LogP contribution in [0.25, 0.3) is 0 Å². The summed E-state index contributed by atoms with van der Waals surface area (Å²) in [4.78, 5) is 0.304. The van der Waals surface area contributed by atoms with Crippen LogP contribution in [-0.4, -0.2) is 4.83 Å². The highest BCUT2D eigenvalue weighted by Crippen LogP contribution is 2.09. The first-order chi connectivity index (χ1) is 7.83. The molecule has 1 heteroatoms. The van der Waals surface area contributed by atoms with E-state index in [4.69, 9.17) is 0 Å². The molecule has 0 radical (unpaired) electrons. The Morgan fingerprint density at radius 3 is 2.75 bits per heavy atom. The maximum absolute atomic E-state index is 3.59. The summed E-state index contributed by atoms with van der Waals surface area (Å²) in [7, 11) is 0. The zero-order valence-electron chi connectivity index (χ0n) is 9.62. The van der Waals surface area contributed by atoms with Gasteiger partial charge in [-0.3, -0.25) is 0 Å².